The van der Waals surface area contributed by atoms with Gasteiger partial charge in [0.15, 0.2) is 11.5 Å². The van der Waals surface area contributed by atoms with Crippen molar-refractivity contribution >= 4 is 5.69 Å². The van der Waals surface area contributed by atoms with Crippen LogP contribution in [-0.4, -0.2) is 31.2 Å². The first-order chi connectivity index (χ1) is 9.10. The number of ether oxygens (including phenoxy) is 2. The van der Waals surface area contributed by atoms with E-state index in [1.54, 1.807) is 0 Å². The first-order valence-corrected chi connectivity index (χ1v) is 7.00. The van der Waals surface area contributed by atoms with Crippen LogP contribution < -0.4 is 15.2 Å². The number of rotatable bonds is 5. The highest BCUT2D eigenvalue weighted by atomic mass is 16.6. The third kappa shape index (κ3) is 3.53. The quantitative estimate of drug-likeness (QED) is 0.830. The lowest BCUT2D eigenvalue weighted by molar-refractivity contribution is 0.171. The van der Waals surface area contributed by atoms with Gasteiger partial charge >= 0.3 is 0 Å². The number of benzene rings is 1. The van der Waals surface area contributed by atoms with Crippen molar-refractivity contribution in [2.24, 2.45) is 5.92 Å². The van der Waals surface area contributed by atoms with Crippen LogP contribution in [0.3, 0.4) is 0 Å². The molecule has 0 saturated carbocycles. The highest BCUT2D eigenvalue weighted by Crippen LogP contribution is 2.34. The Hall–Kier alpha value is -1.42. The van der Waals surface area contributed by atoms with E-state index in [1.807, 2.05) is 12.1 Å². The molecule has 1 aromatic carbocycles. The summed E-state index contributed by atoms with van der Waals surface area (Å²) in [5, 5.41) is 0. The van der Waals surface area contributed by atoms with Crippen molar-refractivity contribution in [3.8, 4) is 11.5 Å². The van der Waals surface area contributed by atoms with Gasteiger partial charge in [-0.15, -0.1) is 0 Å². The second kappa shape index (κ2) is 6.15. The van der Waals surface area contributed by atoms with E-state index in [1.165, 1.54) is 0 Å². The van der Waals surface area contributed by atoms with Crippen LogP contribution in [0.15, 0.2) is 12.1 Å². The zero-order valence-electron chi connectivity index (χ0n) is 12.1. The minimum atomic E-state index is 0.597. The minimum absolute atomic E-state index is 0.597. The maximum atomic E-state index is 6.12. The van der Waals surface area contributed by atoms with Gasteiger partial charge in [-0.3, -0.25) is 4.90 Å². The van der Waals surface area contributed by atoms with Crippen LogP contribution in [0.1, 0.15) is 26.3 Å². The van der Waals surface area contributed by atoms with E-state index in [0.29, 0.717) is 19.1 Å². The lowest BCUT2D eigenvalue weighted by Gasteiger charge is -2.25. The topological polar surface area (TPSA) is 47.7 Å². The Labute approximate surface area is 115 Å². The number of anilines is 1. The number of nitrogen functional groups attached to an aromatic ring is 1. The van der Waals surface area contributed by atoms with Gasteiger partial charge in [-0.2, -0.15) is 0 Å². The average Bonchev–Trinajstić information content (AvgIpc) is 2.38. The Morgan fingerprint density at radius 3 is 2.42 bits per heavy atom. The maximum absolute atomic E-state index is 6.12. The van der Waals surface area contributed by atoms with Gasteiger partial charge in [0, 0.05) is 24.8 Å². The fraction of sp³-hybridized carbons (Fsp3) is 0.600. The van der Waals surface area contributed by atoms with Crippen LogP contribution >= 0.6 is 0 Å². The Morgan fingerprint density at radius 2 is 1.84 bits per heavy atom. The van der Waals surface area contributed by atoms with Crippen LogP contribution in [-0.2, 0) is 6.54 Å². The zero-order valence-corrected chi connectivity index (χ0v) is 12.1. The third-order valence-corrected chi connectivity index (χ3v) is 3.27. The van der Waals surface area contributed by atoms with Crippen molar-refractivity contribution in [2.75, 3.05) is 32.0 Å². The van der Waals surface area contributed by atoms with E-state index < -0.39 is 0 Å². The SMILES string of the molecule is CCN(Cc1cc2c(cc1N)OCCO2)CC(C)C. The van der Waals surface area contributed by atoms with Gasteiger partial charge in [0.25, 0.3) is 0 Å². The molecule has 0 aliphatic carbocycles. The molecule has 1 heterocycles. The summed E-state index contributed by atoms with van der Waals surface area (Å²) in [5.74, 6) is 2.23. The predicted molar refractivity (Wildman–Crippen MR) is 77.6 cm³/mol. The van der Waals surface area contributed by atoms with Crippen molar-refractivity contribution in [2.45, 2.75) is 27.3 Å². The van der Waals surface area contributed by atoms with Crippen LogP contribution in [0, 0.1) is 5.92 Å². The third-order valence-electron chi connectivity index (χ3n) is 3.27. The van der Waals surface area contributed by atoms with Crippen LogP contribution in [0.5, 0.6) is 11.5 Å². The Kier molecular flexibility index (Phi) is 4.53. The van der Waals surface area contributed by atoms with Gasteiger partial charge in [-0.25, -0.2) is 0 Å². The number of nitrogens with two attached hydrogens (primary N) is 1. The van der Waals surface area contributed by atoms with E-state index in [0.717, 1.165) is 42.4 Å². The molecule has 1 aromatic rings. The molecule has 0 spiro atoms. The van der Waals surface area contributed by atoms with Crippen LogP contribution in [0.25, 0.3) is 0 Å². The number of hydrogen-bond acceptors (Lipinski definition) is 4. The largest absolute Gasteiger partial charge is 0.486 e. The summed E-state index contributed by atoms with van der Waals surface area (Å²) < 4.78 is 11.2. The fourth-order valence-electron chi connectivity index (χ4n) is 2.35. The van der Waals surface area contributed by atoms with E-state index >= 15 is 0 Å². The minimum Gasteiger partial charge on any atom is -0.486 e. The van der Waals surface area contributed by atoms with Crippen molar-refractivity contribution < 1.29 is 9.47 Å². The van der Waals surface area contributed by atoms with E-state index in [2.05, 4.69) is 25.7 Å². The molecule has 0 saturated heterocycles. The van der Waals surface area contributed by atoms with Crippen molar-refractivity contribution in [1.82, 2.24) is 4.90 Å². The standard InChI is InChI=1S/C15H24N2O2/c1-4-17(9-11(2)3)10-12-7-14-15(8-13(12)16)19-6-5-18-14/h7-8,11H,4-6,9-10,16H2,1-3H3. The molecule has 0 fully saturated rings. The van der Waals surface area contributed by atoms with Gasteiger partial charge in [-0.1, -0.05) is 20.8 Å². The average molecular weight is 264 g/mol. The molecule has 2 rings (SSSR count). The molecule has 0 aromatic heterocycles. The van der Waals surface area contributed by atoms with Crippen molar-refractivity contribution in [3.05, 3.63) is 17.7 Å². The molecule has 1 aliphatic rings. The summed E-state index contributed by atoms with van der Waals surface area (Å²) in [6, 6.07) is 3.90. The molecule has 4 heteroatoms. The normalized spacial score (nSPS) is 14.2. The molecule has 0 unspecified atom stereocenters. The zero-order chi connectivity index (χ0) is 13.8. The molecular formula is C15H24N2O2. The Balaban J connectivity index is 2.15. The lowest BCUT2D eigenvalue weighted by Crippen LogP contribution is -2.27. The molecule has 19 heavy (non-hydrogen) atoms. The lowest BCUT2D eigenvalue weighted by atomic mass is 10.1. The monoisotopic (exact) mass is 264 g/mol. The summed E-state index contributed by atoms with van der Waals surface area (Å²) in [6.07, 6.45) is 0. The summed E-state index contributed by atoms with van der Waals surface area (Å²) in [6.45, 7) is 10.8. The molecule has 1 aliphatic heterocycles. The van der Waals surface area contributed by atoms with Gasteiger partial charge in [0.2, 0.25) is 0 Å². The van der Waals surface area contributed by atoms with Gasteiger partial charge in [0.05, 0.1) is 0 Å². The highest BCUT2D eigenvalue weighted by molar-refractivity contribution is 5.58. The first kappa shape index (κ1) is 14.0. The van der Waals surface area contributed by atoms with Crippen LogP contribution in [0.4, 0.5) is 5.69 Å². The van der Waals surface area contributed by atoms with Crippen LogP contribution in [0.2, 0.25) is 0 Å². The van der Waals surface area contributed by atoms with E-state index in [-0.39, 0.29) is 0 Å². The summed E-state index contributed by atoms with van der Waals surface area (Å²) in [4.78, 5) is 2.40. The van der Waals surface area contributed by atoms with Gasteiger partial charge in [-0.05, 0) is 24.1 Å². The highest BCUT2D eigenvalue weighted by Gasteiger charge is 2.16. The molecule has 0 bridgehead atoms. The summed E-state index contributed by atoms with van der Waals surface area (Å²) in [7, 11) is 0. The van der Waals surface area contributed by atoms with E-state index in [9.17, 15) is 0 Å². The molecule has 2 N–H and O–H groups in total. The van der Waals surface area contributed by atoms with Gasteiger partial charge < -0.3 is 15.2 Å². The Morgan fingerprint density at radius 1 is 1.21 bits per heavy atom. The first-order valence-electron chi connectivity index (χ1n) is 7.00. The molecular weight excluding hydrogens is 240 g/mol. The fourth-order valence-corrected chi connectivity index (χ4v) is 2.35. The molecule has 4 nitrogen and oxygen atoms in total. The maximum Gasteiger partial charge on any atom is 0.163 e. The Bertz CT molecular complexity index is 432. The number of fused-ring (bicyclic) bond motifs is 1. The second-order valence-electron chi connectivity index (χ2n) is 5.42. The van der Waals surface area contributed by atoms with Crippen molar-refractivity contribution in [1.29, 1.82) is 0 Å². The van der Waals surface area contributed by atoms with E-state index in [4.69, 9.17) is 15.2 Å². The number of nitrogens with zero attached hydrogens (tertiary/aromatic N) is 1. The summed E-state index contributed by atoms with van der Waals surface area (Å²) in [5.41, 5.74) is 8.02. The smallest absolute Gasteiger partial charge is 0.163 e. The predicted octanol–water partition coefficient (Wildman–Crippen LogP) is 2.52. The summed E-state index contributed by atoms with van der Waals surface area (Å²) >= 11 is 0. The molecule has 106 valence electrons. The molecule has 0 atom stereocenters. The second-order valence-corrected chi connectivity index (χ2v) is 5.42. The molecule has 0 amide bonds. The number of hydrogen-bond donors (Lipinski definition) is 1. The molecule has 0 radical (unpaired) electrons. The van der Waals surface area contributed by atoms with Gasteiger partial charge in [0.1, 0.15) is 13.2 Å². The van der Waals surface area contributed by atoms with Crippen molar-refractivity contribution in [3.63, 3.8) is 0 Å².